The van der Waals surface area contributed by atoms with Crippen LogP contribution in [0.25, 0.3) is 0 Å². The number of rotatable bonds is 4. The lowest BCUT2D eigenvalue weighted by atomic mass is 10.3. The highest BCUT2D eigenvalue weighted by molar-refractivity contribution is 7.92. The van der Waals surface area contributed by atoms with Crippen molar-refractivity contribution in [1.82, 2.24) is 0 Å². The van der Waals surface area contributed by atoms with Gasteiger partial charge in [-0.1, -0.05) is 12.1 Å². The molecule has 0 aliphatic rings. The number of hydrogen-bond acceptors (Lipinski definition) is 4. The number of hydrogen-bond donors (Lipinski definition) is 2. The molecule has 0 radical (unpaired) electrons. The number of benzene rings is 2. The molecule has 112 valence electrons. The first-order valence-corrected chi connectivity index (χ1v) is 8.63. The summed E-state index contributed by atoms with van der Waals surface area (Å²) in [6.45, 7) is 0. The molecule has 0 aliphatic carbocycles. The Hall–Kier alpha value is -1.97. The molecule has 21 heavy (non-hydrogen) atoms. The Labute approximate surface area is 121 Å². The highest BCUT2D eigenvalue weighted by Gasteiger charge is 2.16. The first-order chi connectivity index (χ1) is 9.68. The molecular formula is C12H11FN2O4S2. The van der Waals surface area contributed by atoms with Crippen LogP contribution in [0.5, 0.6) is 0 Å². The zero-order valence-corrected chi connectivity index (χ0v) is 12.2. The van der Waals surface area contributed by atoms with Crippen molar-refractivity contribution in [1.29, 1.82) is 0 Å². The zero-order chi connectivity index (χ0) is 15.7. The van der Waals surface area contributed by atoms with E-state index in [2.05, 4.69) is 4.72 Å². The van der Waals surface area contributed by atoms with Crippen LogP contribution in [0.1, 0.15) is 0 Å². The summed E-state index contributed by atoms with van der Waals surface area (Å²) >= 11 is 0. The lowest BCUT2D eigenvalue weighted by Crippen LogP contribution is -2.15. The molecule has 0 atom stereocenters. The molecule has 0 amide bonds. The molecule has 2 aromatic rings. The van der Waals surface area contributed by atoms with Gasteiger partial charge in [-0.15, -0.1) is 0 Å². The Kier molecular flexibility index (Phi) is 3.99. The van der Waals surface area contributed by atoms with Gasteiger partial charge in [0.1, 0.15) is 5.82 Å². The molecule has 0 heterocycles. The molecule has 2 aromatic carbocycles. The third kappa shape index (κ3) is 3.78. The number of sulfonamides is 2. The average Bonchev–Trinajstić information content (AvgIpc) is 2.37. The summed E-state index contributed by atoms with van der Waals surface area (Å²) < 4.78 is 61.8. The zero-order valence-electron chi connectivity index (χ0n) is 10.5. The van der Waals surface area contributed by atoms with Gasteiger partial charge in [-0.2, -0.15) is 0 Å². The molecule has 6 nitrogen and oxygen atoms in total. The van der Waals surface area contributed by atoms with E-state index >= 15 is 0 Å². The Bertz CT molecular complexity index is 880. The van der Waals surface area contributed by atoms with Gasteiger partial charge in [0.25, 0.3) is 10.0 Å². The van der Waals surface area contributed by atoms with Crippen molar-refractivity contribution in [2.24, 2.45) is 5.14 Å². The summed E-state index contributed by atoms with van der Waals surface area (Å²) in [7, 11) is -7.97. The fourth-order valence-corrected chi connectivity index (χ4v) is 3.22. The normalized spacial score (nSPS) is 12.1. The van der Waals surface area contributed by atoms with Gasteiger partial charge in [0.05, 0.1) is 15.5 Å². The maximum atomic E-state index is 13.1. The van der Waals surface area contributed by atoms with Crippen molar-refractivity contribution < 1.29 is 21.2 Å². The van der Waals surface area contributed by atoms with Crippen molar-refractivity contribution in [3.8, 4) is 0 Å². The number of halogens is 1. The summed E-state index contributed by atoms with van der Waals surface area (Å²) in [4.78, 5) is -0.509. The number of anilines is 1. The largest absolute Gasteiger partial charge is 0.280 e. The minimum Gasteiger partial charge on any atom is -0.280 e. The van der Waals surface area contributed by atoms with E-state index in [1.54, 1.807) is 0 Å². The van der Waals surface area contributed by atoms with Gasteiger partial charge in [0, 0.05) is 0 Å². The number of nitrogens with two attached hydrogens (primary N) is 1. The second-order valence-corrected chi connectivity index (χ2v) is 7.38. The fourth-order valence-electron chi connectivity index (χ4n) is 1.58. The monoisotopic (exact) mass is 330 g/mol. The molecule has 0 saturated carbocycles. The Balaban J connectivity index is 2.38. The van der Waals surface area contributed by atoms with Crippen LogP contribution in [0.4, 0.5) is 10.1 Å². The number of primary sulfonamides is 1. The van der Waals surface area contributed by atoms with Crippen LogP contribution in [0.3, 0.4) is 0 Å². The summed E-state index contributed by atoms with van der Waals surface area (Å²) in [5.41, 5.74) is 0.00536. The van der Waals surface area contributed by atoms with Crippen LogP contribution in [-0.2, 0) is 20.0 Å². The molecule has 0 bridgehead atoms. The van der Waals surface area contributed by atoms with Gasteiger partial charge < -0.3 is 0 Å². The molecule has 0 aromatic heterocycles. The van der Waals surface area contributed by atoms with E-state index < -0.39 is 25.9 Å². The second-order valence-electron chi connectivity index (χ2n) is 4.14. The summed E-state index contributed by atoms with van der Waals surface area (Å²) in [5, 5.41) is 4.97. The molecule has 0 fully saturated rings. The van der Waals surface area contributed by atoms with Crippen LogP contribution in [0.15, 0.2) is 58.3 Å². The molecule has 0 unspecified atom stereocenters. The molecule has 0 saturated heterocycles. The van der Waals surface area contributed by atoms with Crippen molar-refractivity contribution in [3.63, 3.8) is 0 Å². The van der Waals surface area contributed by atoms with Gasteiger partial charge in [-0.3, -0.25) is 4.72 Å². The Morgan fingerprint density at radius 2 is 1.52 bits per heavy atom. The fraction of sp³-hybridized carbons (Fsp3) is 0. The van der Waals surface area contributed by atoms with Gasteiger partial charge >= 0.3 is 0 Å². The van der Waals surface area contributed by atoms with E-state index in [0.717, 1.165) is 18.2 Å². The van der Waals surface area contributed by atoms with E-state index in [0.29, 0.717) is 0 Å². The third-order valence-electron chi connectivity index (χ3n) is 2.52. The minimum absolute atomic E-state index is 0.00536. The predicted molar refractivity (Wildman–Crippen MR) is 75.0 cm³/mol. The standard InChI is InChI=1S/C12H11FN2O4S2/c13-9-3-1-6-12(7-9)21(18,19)15-10-4-2-5-11(8-10)20(14,16)17/h1-8,15H,(H2,14,16,17). The first-order valence-electron chi connectivity index (χ1n) is 5.60. The van der Waals surface area contributed by atoms with Crippen LogP contribution < -0.4 is 9.86 Å². The second kappa shape index (κ2) is 5.43. The highest BCUT2D eigenvalue weighted by Crippen LogP contribution is 2.19. The molecule has 0 spiro atoms. The minimum atomic E-state index is -4.02. The van der Waals surface area contributed by atoms with Crippen LogP contribution in [0, 0.1) is 5.82 Å². The third-order valence-corrected chi connectivity index (χ3v) is 4.81. The maximum Gasteiger partial charge on any atom is 0.261 e. The Morgan fingerprint density at radius 3 is 2.14 bits per heavy atom. The van der Waals surface area contributed by atoms with E-state index in [4.69, 9.17) is 5.14 Å². The smallest absolute Gasteiger partial charge is 0.261 e. The molecule has 2 rings (SSSR count). The summed E-state index contributed by atoms with van der Waals surface area (Å²) in [5.74, 6) is -0.698. The van der Waals surface area contributed by atoms with E-state index in [1.165, 1.54) is 30.3 Å². The summed E-state index contributed by atoms with van der Waals surface area (Å²) in [6.07, 6.45) is 0. The van der Waals surface area contributed by atoms with Crippen LogP contribution in [-0.4, -0.2) is 16.8 Å². The van der Waals surface area contributed by atoms with Crippen molar-refractivity contribution in [2.45, 2.75) is 9.79 Å². The molecule has 3 N–H and O–H groups in total. The SMILES string of the molecule is NS(=O)(=O)c1cccc(NS(=O)(=O)c2cccc(F)c2)c1. The number of nitrogens with one attached hydrogen (secondary N) is 1. The lowest BCUT2D eigenvalue weighted by Gasteiger charge is -2.09. The van der Waals surface area contributed by atoms with Crippen molar-refractivity contribution >= 4 is 25.7 Å². The van der Waals surface area contributed by atoms with Gasteiger partial charge in [-0.05, 0) is 36.4 Å². The van der Waals surface area contributed by atoms with E-state index in [1.807, 2.05) is 0 Å². The average molecular weight is 330 g/mol. The highest BCUT2D eigenvalue weighted by atomic mass is 32.2. The first kappa shape index (κ1) is 15.4. The summed E-state index contributed by atoms with van der Waals surface area (Å²) in [6, 6.07) is 9.43. The van der Waals surface area contributed by atoms with Gasteiger partial charge in [0.2, 0.25) is 10.0 Å². The van der Waals surface area contributed by atoms with Crippen LogP contribution in [0.2, 0.25) is 0 Å². The van der Waals surface area contributed by atoms with Gasteiger partial charge in [-0.25, -0.2) is 26.4 Å². The molecule has 0 aliphatic heterocycles. The van der Waals surface area contributed by atoms with Gasteiger partial charge in [0.15, 0.2) is 0 Å². The quantitative estimate of drug-likeness (QED) is 0.880. The van der Waals surface area contributed by atoms with Crippen molar-refractivity contribution in [2.75, 3.05) is 4.72 Å². The molecular weight excluding hydrogens is 319 g/mol. The van der Waals surface area contributed by atoms with Crippen molar-refractivity contribution in [3.05, 3.63) is 54.3 Å². The van der Waals surface area contributed by atoms with Crippen LogP contribution >= 0.6 is 0 Å². The van der Waals surface area contributed by atoms with E-state index in [-0.39, 0.29) is 15.5 Å². The Morgan fingerprint density at radius 1 is 0.905 bits per heavy atom. The topological polar surface area (TPSA) is 106 Å². The maximum absolute atomic E-state index is 13.1. The molecule has 9 heteroatoms. The van der Waals surface area contributed by atoms with E-state index in [9.17, 15) is 21.2 Å². The predicted octanol–water partition coefficient (Wildman–Crippen LogP) is 1.27. The lowest BCUT2D eigenvalue weighted by molar-refractivity contribution is 0.594.